The monoisotopic (exact) mass is 266 g/mol. The summed E-state index contributed by atoms with van der Waals surface area (Å²) in [6.45, 7) is 13.7. The second kappa shape index (κ2) is 6.58. The highest BCUT2D eigenvalue weighted by Crippen LogP contribution is 2.38. The van der Waals surface area contributed by atoms with Crippen LogP contribution in [0.2, 0.25) is 0 Å². The van der Waals surface area contributed by atoms with Gasteiger partial charge in [-0.25, -0.2) is 0 Å². The number of nitrogens with one attached hydrogen (secondary N) is 1. The van der Waals surface area contributed by atoms with Crippen LogP contribution in [0, 0.1) is 10.8 Å². The third kappa shape index (κ3) is 3.95. The lowest BCUT2D eigenvalue weighted by molar-refractivity contribution is 0.0511. The summed E-state index contributed by atoms with van der Waals surface area (Å²) in [6.07, 6.45) is 9.72. The van der Waals surface area contributed by atoms with Gasteiger partial charge in [-0.3, -0.25) is 0 Å². The van der Waals surface area contributed by atoms with E-state index in [4.69, 9.17) is 0 Å². The van der Waals surface area contributed by atoms with Gasteiger partial charge in [-0.2, -0.15) is 0 Å². The third-order valence-corrected chi connectivity index (χ3v) is 5.92. The van der Waals surface area contributed by atoms with Crippen LogP contribution < -0.4 is 5.32 Å². The Morgan fingerprint density at radius 1 is 1.00 bits per heavy atom. The lowest BCUT2D eigenvalue weighted by Gasteiger charge is -2.45. The van der Waals surface area contributed by atoms with Crippen molar-refractivity contribution in [1.29, 1.82) is 0 Å². The molecule has 2 rings (SSSR count). The average molecular weight is 266 g/mol. The molecule has 2 heterocycles. The quantitative estimate of drug-likeness (QED) is 0.817. The fraction of sp³-hybridized carbons (Fsp3) is 1.00. The van der Waals surface area contributed by atoms with Crippen LogP contribution in [0.25, 0.3) is 0 Å². The number of hydrogen-bond acceptors (Lipinski definition) is 2. The Balaban J connectivity index is 1.88. The van der Waals surface area contributed by atoms with Crippen molar-refractivity contribution in [3.8, 4) is 0 Å². The summed E-state index contributed by atoms with van der Waals surface area (Å²) < 4.78 is 0. The van der Waals surface area contributed by atoms with Crippen LogP contribution in [0.3, 0.4) is 0 Å². The molecule has 0 aromatic carbocycles. The van der Waals surface area contributed by atoms with Crippen LogP contribution in [0.4, 0.5) is 0 Å². The predicted molar refractivity (Wildman–Crippen MR) is 83.5 cm³/mol. The molecule has 0 radical (unpaired) electrons. The Kier molecular flexibility index (Phi) is 5.30. The number of hydrogen-bond donors (Lipinski definition) is 1. The number of likely N-dealkylation sites (tertiary alicyclic amines) is 1. The van der Waals surface area contributed by atoms with E-state index in [9.17, 15) is 0 Å². The van der Waals surface area contributed by atoms with Crippen LogP contribution in [0.15, 0.2) is 0 Å². The van der Waals surface area contributed by atoms with Gasteiger partial charge in [-0.15, -0.1) is 0 Å². The van der Waals surface area contributed by atoms with E-state index in [1.54, 1.807) is 0 Å². The van der Waals surface area contributed by atoms with Crippen LogP contribution in [0.5, 0.6) is 0 Å². The van der Waals surface area contributed by atoms with E-state index in [1.807, 2.05) is 0 Å². The van der Waals surface area contributed by atoms with Crippen molar-refractivity contribution in [1.82, 2.24) is 10.2 Å². The molecule has 112 valence electrons. The maximum Gasteiger partial charge on any atom is 0.00389 e. The molecular formula is C17H34N2. The molecule has 0 unspecified atom stereocenters. The first-order chi connectivity index (χ1) is 9.11. The standard InChI is InChI=1S/C17H34N2/c1-4-6-17(7-11-18-12-8-17)15-19-13-9-16(3,5-2)10-14-19/h18H,4-15H2,1-3H3. The van der Waals surface area contributed by atoms with Crippen LogP contribution in [-0.4, -0.2) is 37.6 Å². The lowest BCUT2D eigenvalue weighted by Crippen LogP contribution is -2.48. The molecule has 0 atom stereocenters. The zero-order valence-corrected chi connectivity index (χ0v) is 13.4. The minimum absolute atomic E-state index is 0.625. The summed E-state index contributed by atoms with van der Waals surface area (Å²) in [7, 11) is 0. The number of nitrogens with zero attached hydrogens (tertiary/aromatic N) is 1. The first-order valence-corrected chi connectivity index (χ1v) is 8.54. The Bertz CT molecular complexity index is 255. The molecule has 0 spiro atoms. The minimum atomic E-state index is 0.625. The van der Waals surface area contributed by atoms with E-state index >= 15 is 0 Å². The molecule has 2 saturated heterocycles. The number of piperidine rings is 2. The van der Waals surface area contributed by atoms with Gasteiger partial charge in [0.1, 0.15) is 0 Å². The highest BCUT2D eigenvalue weighted by Gasteiger charge is 2.35. The van der Waals surface area contributed by atoms with Gasteiger partial charge in [-0.1, -0.05) is 33.6 Å². The maximum absolute atomic E-state index is 3.54. The number of rotatable bonds is 5. The largest absolute Gasteiger partial charge is 0.317 e. The first-order valence-electron chi connectivity index (χ1n) is 8.54. The Hall–Kier alpha value is -0.0800. The highest BCUT2D eigenvalue weighted by atomic mass is 15.1. The molecule has 2 aliphatic rings. The fourth-order valence-corrected chi connectivity index (χ4v) is 4.05. The Morgan fingerprint density at radius 3 is 2.16 bits per heavy atom. The zero-order chi connectivity index (χ0) is 13.8. The van der Waals surface area contributed by atoms with Crippen molar-refractivity contribution in [2.45, 2.75) is 65.7 Å². The lowest BCUT2D eigenvalue weighted by atomic mass is 9.73. The molecule has 19 heavy (non-hydrogen) atoms. The topological polar surface area (TPSA) is 15.3 Å². The summed E-state index contributed by atoms with van der Waals surface area (Å²) in [4.78, 5) is 2.78. The van der Waals surface area contributed by atoms with E-state index in [2.05, 4.69) is 31.0 Å². The van der Waals surface area contributed by atoms with Crippen molar-refractivity contribution in [2.24, 2.45) is 10.8 Å². The van der Waals surface area contributed by atoms with Gasteiger partial charge in [0.25, 0.3) is 0 Å². The molecular weight excluding hydrogens is 232 g/mol. The van der Waals surface area contributed by atoms with Crippen LogP contribution in [0.1, 0.15) is 65.7 Å². The Morgan fingerprint density at radius 2 is 1.63 bits per heavy atom. The van der Waals surface area contributed by atoms with Gasteiger partial charge >= 0.3 is 0 Å². The molecule has 0 amide bonds. The van der Waals surface area contributed by atoms with E-state index in [1.165, 1.54) is 77.7 Å². The normalized spacial score (nSPS) is 27.3. The molecule has 2 aliphatic heterocycles. The van der Waals surface area contributed by atoms with Gasteiger partial charge < -0.3 is 10.2 Å². The Labute approximate surface area is 120 Å². The third-order valence-electron chi connectivity index (χ3n) is 5.92. The summed E-state index contributed by atoms with van der Waals surface area (Å²) >= 11 is 0. The minimum Gasteiger partial charge on any atom is -0.317 e. The summed E-state index contributed by atoms with van der Waals surface area (Å²) in [5.74, 6) is 0. The highest BCUT2D eigenvalue weighted by molar-refractivity contribution is 4.90. The van der Waals surface area contributed by atoms with Gasteiger partial charge in [0, 0.05) is 6.54 Å². The summed E-state index contributed by atoms with van der Waals surface area (Å²) in [6, 6.07) is 0. The SMILES string of the molecule is CCCC1(CN2CCC(C)(CC)CC2)CCNCC1. The fourth-order valence-electron chi connectivity index (χ4n) is 4.05. The first kappa shape index (κ1) is 15.3. The molecule has 2 heteroatoms. The summed E-state index contributed by atoms with van der Waals surface area (Å²) in [5.41, 5.74) is 1.25. The molecule has 1 N–H and O–H groups in total. The van der Waals surface area contributed by atoms with Crippen molar-refractivity contribution in [2.75, 3.05) is 32.7 Å². The maximum atomic E-state index is 3.54. The predicted octanol–water partition coefficient (Wildman–Crippen LogP) is 3.67. The van der Waals surface area contributed by atoms with Crippen LogP contribution in [-0.2, 0) is 0 Å². The molecule has 0 aromatic heterocycles. The molecule has 0 aliphatic carbocycles. The van der Waals surface area contributed by atoms with E-state index < -0.39 is 0 Å². The van der Waals surface area contributed by atoms with E-state index in [0.717, 1.165) is 0 Å². The molecule has 0 saturated carbocycles. The second-order valence-electron chi connectivity index (χ2n) is 7.44. The average Bonchev–Trinajstić information content (AvgIpc) is 2.43. The summed E-state index contributed by atoms with van der Waals surface area (Å²) in [5, 5.41) is 3.54. The zero-order valence-electron chi connectivity index (χ0n) is 13.4. The molecule has 2 nitrogen and oxygen atoms in total. The van der Waals surface area contributed by atoms with Crippen molar-refractivity contribution in [3.05, 3.63) is 0 Å². The van der Waals surface area contributed by atoms with Gasteiger partial charge in [-0.05, 0) is 69.1 Å². The van der Waals surface area contributed by atoms with Crippen LogP contribution >= 0.6 is 0 Å². The molecule has 2 fully saturated rings. The van der Waals surface area contributed by atoms with Gasteiger partial charge in [0.2, 0.25) is 0 Å². The smallest absolute Gasteiger partial charge is 0.00389 e. The van der Waals surface area contributed by atoms with E-state index in [0.29, 0.717) is 10.8 Å². The van der Waals surface area contributed by atoms with Gasteiger partial charge in [0.05, 0.1) is 0 Å². The van der Waals surface area contributed by atoms with Gasteiger partial charge in [0.15, 0.2) is 0 Å². The van der Waals surface area contributed by atoms with Crippen molar-refractivity contribution >= 4 is 0 Å². The van der Waals surface area contributed by atoms with Crippen molar-refractivity contribution < 1.29 is 0 Å². The molecule has 0 bridgehead atoms. The van der Waals surface area contributed by atoms with E-state index in [-0.39, 0.29) is 0 Å². The van der Waals surface area contributed by atoms with Crippen molar-refractivity contribution in [3.63, 3.8) is 0 Å². The molecule has 0 aromatic rings. The second-order valence-corrected chi connectivity index (χ2v) is 7.44.